The van der Waals surface area contributed by atoms with Gasteiger partial charge in [0.05, 0.1) is 25.8 Å². The van der Waals surface area contributed by atoms with E-state index in [1.807, 2.05) is 7.05 Å². The van der Waals surface area contributed by atoms with E-state index in [1.54, 1.807) is 16.8 Å². The van der Waals surface area contributed by atoms with E-state index in [4.69, 9.17) is 9.84 Å². The number of carbonyl (C=O) groups is 2. The number of aryl methyl sites for hydroxylation is 1. The van der Waals surface area contributed by atoms with Crippen LogP contribution in [0.15, 0.2) is 24.3 Å². The van der Waals surface area contributed by atoms with Crippen molar-refractivity contribution < 1.29 is 19.4 Å². The zero-order chi connectivity index (χ0) is 19.8. The van der Waals surface area contributed by atoms with Crippen molar-refractivity contribution in [1.82, 2.24) is 14.7 Å². The molecular formula is C20H31N3O4. The minimum Gasteiger partial charge on any atom is -0.480 e. The lowest BCUT2D eigenvalue weighted by molar-refractivity contribution is -0.138. The Morgan fingerprint density at radius 3 is 2.52 bits per heavy atom. The van der Waals surface area contributed by atoms with Gasteiger partial charge in [-0.25, -0.2) is 0 Å². The molecule has 27 heavy (non-hydrogen) atoms. The molecule has 1 unspecified atom stereocenters. The van der Waals surface area contributed by atoms with Crippen LogP contribution in [0.3, 0.4) is 0 Å². The average Bonchev–Trinajstić information content (AvgIpc) is 2.61. The van der Waals surface area contributed by atoms with E-state index in [0.29, 0.717) is 39.3 Å². The van der Waals surface area contributed by atoms with E-state index in [1.165, 1.54) is 5.56 Å². The lowest BCUT2D eigenvalue weighted by atomic mass is 10.1. The summed E-state index contributed by atoms with van der Waals surface area (Å²) in [5, 5.41) is 8.85. The summed E-state index contributed by atoms with van der Waals surface area (Å²) in [5.74, 6) is -0.775. The summed E-state index contributed by atoms with van der Waals surface area (Å²) in [4.78, 5) is 28.9. The Hall–Kier alpha value is -1.96. The van der Waals surface area contributed by atoms with Crippen LogP contribution < -0.4 is 0 Å². The highest BCUT2D eigenvalue weighted by Crippen LogP contribution is 2.10. The fourth-order valence-corrected chi connectivity index (χ4v) is 3.23. The zero-order valence-electron chi connectivity index (χ0n) is 16.6. The number of rotatable bonds is 9. The van der Waals surface area contributed by atoms with Crippen LogP contribution in [0.2, 0.25) is 0 Å². The summed E-state index contributed by atoms with van der Waals surface area (Å²) in [5.41, 5.74) is 2.41. The van der Waals surface area contributed by atoms with Gasteiger partial charge in [-0.15, -0.1) is 0 Å². The number of nitrogens with zero attached hydrogens (tertiary/aromatic N) is 3. The number of benzene rings is 1. The number of carbonyl (C=O) groups excluding carboxylic acids is 1. The molecule has 1 aromatic carbocycles. The Kier molecular flexibility index (Phi) is 8.22. The molecule has 1 amide bonds. The van der Waals surface area contributed by atoms with Crippen molar-refractivity contribution in [2.45, 2.75) is 26.0 Å². The number of likely N-dealkylation sites (N-methyl/N-ethyl adjacent to an activating group) is 2. The van der Waals surface area contributed by atoms with Crippen LogP contribution in [-0.4, -0.2) is 91.2 Å². The second-order valence-electron chi connectivity index (χ2n) is 7.24. The molecule has 1 aliphatic rings. The molecule has 1 aliphatic heterocycles. The molecule has 0 aromatic heterocycles. The van der Waals surface area contributed by atoms with Gasteiger partial charge in [-0.05, 0) is 24.6 Å². The minimum absolute atomic E-state index is 0.0155. The number of aliphatic carboxylic acids is 1. The summed E-state index contributed by atoms with van der Waals surface area (Å²) < 4.78 is 5.72. The molecule has 1 fully saturated rings. The van der Waals surface area contributed by atoms with Gasteiger partial charge in [0.1, 0.15) is 0 Å². The molecule has 1 N–H and O–H groups in total. The van der Waals surface area contributed by atoms with Gasteiger partial charge in [0.15, 0.2) is 0 Å². The SMILES string of the molecule is CCc1ccc(CN(C)C(=O)CN2CCOC(CN(C)CC(=O)O)C2)cc1. The lowest BCUT2D eigenvalue weighted by Crippen LogP contribution is -2.50. The van der Waals surface area contributed by atoms with Crippen LogP contribution in [-0.2, 0) is 27.3 Å². The maximum absolute atomic E-state index is 12.6. The second-order valence-corrected chi connectivity index (χ2v) is 7.24. The van der Waals surface area contributed by atoms with E-state index < -0.39 is 5.97 Å². The third-order valence-corrected chi connectivity index (χ3v) is 4.78. The maximum Gasteiger partial charge on any atom is 0.317 e. The molecule has 1 saturated heterocycles. The van der Waals surface area contributed by atoms with E-state index in [-0.39, 0.29) is 18.6 Å². The van der Waals surface area contributed by atoms with Crippen molar-refractivity contribution in [1.29, 1.82) is 0 Å². The first-order valence-corrected chi connectivity index (χ1v) is 9.43. The Balaban J connectivity index is 1.80. The molecule has 150 valence electrons. The standard InChI is InChI=1S/C20H31N3O4/c1-4-16-5-7-17(8-6-16)11-22(3)19(24)14-23-9-10-27-18(13-23)12-21(2)15-20(25)26/h5-8,18H,4,9-15H2,1-3H3,(H,25,26). The lowest BCUT2D eigenvalue weighted by Gasteiger charge is -2.34. The van der Waals surface area contributed by atoms with Gasteiger partial charge >= 0.3 is 5.97 Å². The van der Waals surface area contributed by atoms with Gasteiger partial charge in [0, 0.05) is 33.2 Å². The molecule has 1 atom stereocenters. The third kappa shape index (κ3) is 7.28. The average molecular weight is 377 g/mol. The van der Waals surface area contributed by atoms with Gasteiger partial charge in [-0.2, -0.15) is 0 Å². The quantitative estimate of drug-likeness (QED) is 0.690. The van der Waals surface area contributed by atoms with Gasteiger partial charge in [-0.1, -0.05) is 31.2 Å². The predicted molar refractivity (Wildman–Crippen MR) is 104 cm³/mol. The molecule has 7 nitrogen and oxygen atoms in total. The number of hydrogen-bond donors (Lipinski definition) is 1. The van der Waals surface area contributed by atoms with Crippen molar-refractivity contribution in [3.05, 3.63) is 35.4 Å². The molecule has 1 aromatic rings. The highest BCUT2D eigenvalue weighted by atomic mass is 16.5. The van der Waals surface area contributed by atoms with E-state index in [0.717, 1.165) is 12.0 Å². The fraction of sp³-hybridized carbons (Fsp3) is 0.600. The molecule has 0 saturated carbocycles. The Morgan fingerprint density at radius 2 is 1.89 bits per heavy atom. The number of carboxylic acids is 1. The van der Waals surface area contributed by atoms with Gasteiger partial charge < -0.3 is 14.7 Å². The highest BCUT2D eigenvalue weighted by Gasteiger charge is 2.24. The smallest absolute Gasteiger partial charge is 0.317 e. The maximum atomic E-state index is 12.6. The molecular weight excluding hydrogens is 346 g/mol. The van der Waals surface area contributed by atoms with Crippen LogP contribution >= 0.6 is 0 Å². The summed E-state index contributed by atoms with van der Waals surface area (Å²) in [6.07, 6.45) is 0.928. The molecule has 0 spiro atoms. The van der Waals surface area contributed by atoms with E-state index in [2.05, 4.69) is 36.1 Å². The van der Waals surface area contributed by atoms with Crippen LogP contribution in [0.4, 0.5) is 0 Å². The number of amides is 1. The summed E-state index contributed by atoms with van der Waals surface area (Å²) in [6, 6.07) is 8.36. The van der Waals surface area contributed by atoms with Crippen molar-refractivity contribution in [2.24, 2.45) is 0 Å². The normalized spacial score (nSPS) is 17.9. The van der Waals surface area contributed by atoms with E-state index in [9.17, 15) is 9.59 Å². The molecule has 0 bridgehead atoms. The molecule has 2 rings (SSSR count). The molecule has 7 heteroatoms. The van der Waals surface area contributed by atoms with Gasteiger partial charge in [0.2, 0.25) is 5.91 Å². The fourth-order valence-electron chi connectivity index (χ4n) is 3.23. The van der Waals surface area contributed by atoms with Crippen LogP contribution in [0, 0.1) is 0 Å². The minimum atomic E-state index is -0.853. The Labute approximate surface area is 161 Å². The number of morpholine rings is 1. The Morgan fingerprint density at radius 1 is 1.22 bits per heavy atom. The highest BCUT2D eigenvalue weighted by molar-refractivity contribution is 5.78. The van der Waals surface area contributed by atoms with Crippen molar-refractivity contribution in [3.8, 4) is 0 Å². The first-order chi connectivity index (χ1) is 12.9. The van der Waals surface area contributed by atoms with Gasteiger partial charge in [-0.3, -0.25) is 19.4 Å². The van der Waals surface area contributed by atoms with E-state index >= 15 is 0 Å². The first-order valence-electron chi connectivity index (χ1n) is 9.43. The van der Waals surface area contributed by atoms with Crippen LogP contribution in [0.25, 0.3) is 0 Å². The van der Waals surface area contributed by atoms with Crippen molar-refractivity contribution >= 4 is 11.9 Å². The summed E-state index contributed by atoms with van der Waals surface area (Å²) in [7, 11) is 3.59. The van der Waals surface area contributed by atoms with Crippen molar-refractivity contribution in [3.63, 3.8) is 0 Å². The van der Waals surface area contributed by atoms with Gasteiger partial charge in [0.25, 0.3) is 0 Å². The molecule has 0 radical (unpaired) electrons. The monoisotopic (exact) mass is 377 g/mol. The number of ether oxygens (including phenoxy) is 1. The summed E-state index contributed by atoms with van der Waals surface area (Å²) >= 11 is 0. The molecule has 1 heterocycles. The van der Waals surface area contributed by atoms with Crippen LogP contribution in [0.1, 0.15) is 18.1 Å². The van der Waals surface area contributed by atoms with Crippen molar-refractivity contribution in [2.75, 3.05) is 53.4 Å². The largest absolute Gasteiger partial charge is 0.480 e. The van der Waals surface area contributed by atoms with Crippen LogP contribution in [0.5, 0.6) is 0 Å². The molecule has 0 aliphatic carbocycles. The number of carboxylic acid groups (broad SMARTS) is 1. The second kappa shape index (κ2) is 10.4. The third-order valence-electron chi connectivity index (χ3n) is 4.78. The predicted octanol–water partition coefficient (Wildman–Crippen LogP) is 0.925. The first kappa shape index (κ1) is 21.3. The zero-order valence-corrected chi connectivity index (χ0v) is 16.6. The number of hydrogen-bond acceptors (Lipinski definition) is 5. The Bertz CT molecular complexity index is 620. The summed E-state index contributed by atoms with van der Waals surface area (Å²) in [6.45, 7) is 5.50. The topological polar surface area (TPSA) is 73.3 Å².